The largest absolute Gasteiger partial charge is 0.383 e. The van der Waals surface area contributed by atoms with E-state index in [4.69, 9.17) is 15.2 Å². The van der Waals surface area contributed by atoms with Crippen LogP contribution in [0.25, 0.3) is 0 Å². The number of ether oxygens (including phenoxy) is 2. The third-order valence-electron chi connectivity index (χ3n) is 2.88. The number of carbonyl (C=O) groups is 1. The van der Waals surface area contributed by atoms with E-state index in [1.807, 2.05) is 6.07 Å². The predicted molar refractivity (Wildman–Crippen MR) is 82.5 cm³/mol. The number of carbonyl (C=O) groups excluding carboxylic acids is 1. The van der Waals surface area contributed by atoms with Gasteiger partial charge in [-0.05, 0) is 12.1 Å². The van der Waals surface area contributed by atoms with Crippen LogP contribution in [0.15, 0.2) is 18.3 Å². The van der Waals surface area contributed by atoms with Crippen molar-refractivity contribution < 1.29 is 14.3 Å². The summed E-state index contributed by atoms with van der Waals surface area (Å²) >= 11 is 0. The zero-order valence-corrected chi connectivity index (χ0v) is 12.7. The third kappa shape index (κ3) is 6.52. The van der Waals surface area contributed by atoms with Gasteiger partial charge in [0, 0.05) is 40.3 Å². The van der Waals surface area contributed by atoms with Gasteiger partial charge in [0.2, 0.25) is 5.91 Å². The van der Waals surface area contributed by atoms with Gasteiger partial charge < -0.3 is 25.4 Å². The lowest BCUT2D eigenvalue weighted by Gasteiger charge is -2.24. The number of aromatic nitrogens is 1. The maximum Gasteiger partial charge on any atom is 0.226 e. The first-order valence-electron chi connectivity index (χ1n) is 6.90. The number of anilines is 2. The molecule has 3 N–H and O–H groups in total. The Balaban J connectivity index is 2.65. The summed E-state index contributed by atoms with van der Waals surface area (Å²) in [5.41, 5.74) is 6.29. The minimum atomic E-state index is -0.131. The predicted octanol–water partition coefficient (Wildman–Crippen LogP) is 0.468. The molecule has 0 saturated carbocycles. The molecule has 0 fully saturated rings. The number of nitrogens with zero attached hydrogens (tertiary/aromatic N) is 2. The van der Waals surface area contributed by atoms with Gasteiger partial charge in [0.25, 0.3) is 0 Å². The topological polar surface area (TPSA) is 89.7 Å². The summed E-state index contributed by atoms with van der Waals surface area (Å²) in [5.74, 6) is 0.393. The van der Waals surface area contributed by atoms with Gasteiger partial charge in [-0.1, -0.05) is 0 Å². The van der Waals surface area contributed by atoms with Crippen molar-refractivity contribution in [3.63, 3.8) is 0 Å². The van der Waals surface area contributed by atoms with Crippen LogP contribution in [0.1, 0.15) is 6.42 Å². The fourth-order valence-electron chi connectivity index (χ4n) is 1.76. The Kier molecular flexibility index (Phi) is 8.34. The summed E-state index contributed by atoms with van der Waals surface area (Å²) in [5, 5.41) is 2.70. The highest BCUT2D eigenvalue weighted by atomic mass is 16.5. The summed E-state index contributed by atoms with van der Waals surface area (Å²) in [4.78, 5) is 17.8. The van der Waals surface area contributed by atoms with E-state index in [9.17, 15) is 4.79 Å². The third-order valence-corrected chi connectivity index (χ3v) is 2.88. The van der Waals surface area contributed by atoms with Crippen molar-refractivity contribution in [2.45, 2.75) is 6.42 Å². The van der Waals surface area contributed by atoms with Gasteiger partial charge in [-0.25, -0.2) is 4.98 Å². The average molecular weight is 296 g/mol. The first-order chi connectivity index (χ1) is 10.2. The van der Waals surface area contributed by atoms with E-state index in [2.05, 4.69) is 15.2 Å². The minimum absolute atomic E-state index is 0.131. The fraction of sp³-hybridized carbons (Fsp3) is 0.571. The van der Waals surface area contributed by atoms with Gasteiger partial charge in [-0.2, -0.15) is 0 Å². The van der Waals surface area contributed by atoms with Crippen LogP contribution in [0, 0.1) is 0 Å². The van der Waals surface area contributed by atoms with Crippen LogP contribution in [-0.4, -0.2) is 58.0 Å². The first kappa shape index (κ1) is 17.4. The molecule has 0 aliphatic carbocycles. The Bertz CT molecular complexity index is 403. The highest BCUT2D eigenvalue weighted by Gasteiger charge is 2.08. The number of amides is 1. The molecule has 118 valence electrons. The number of methoxy groups -OCH3 is 2. The fourth-order valence-corrected chi connectivity index (χ4v) is 1.76. The quantitative estimate of drug-likeness (QED) is 0.652. The molecule has 0 unspecified atom stereocenters. The van der Waals surface area contributed by atoms with E-state index in [0.717, 1.165) is 18.8 Å². The van der Waals surface area contributed by atoms with E-state index in [-0.39, 0.29) is 12.3 Å². The Morgan fingerprint density at radius 1 is 1.29 bits per heavy atom. The molecule has 1 aromatic rings. The molecule has 0 bridgehead atoms. The summed E-state index contributed by atoms with van der Waals surface area (Å²) in [6.07, 6.45) is 2.01. The maximum atomic E-state index is 11.4. The summed E-state index contributed by atoms with van der Waals surface area (Å²) in [6, 6.07) is 3.69. The lowest BCUT2D eigenvalue weighted by Crippen LogP contribution is -2.30. The van der Waals surface area contributed by atoms with Crippen molar-refractivity contribution in [1.29, 1.82) is 0 Å². The van der Waals surface area contributed by atoms with Crippen LogP contribution < -0.4 is 16.0 Å². The Morgan fingerprint density at radius 3 is 2.43 bits per heavy atom. The molecule has 0 atom stereocenters. The molecule has 7 nitrogen and oxygen atoms in total. The lowest BCUT2D eigenvalue weighted by molar-refractivity contribution is -0.116. The zero-order chi connectivity index (χ0) is 15.5. The molecular weight excluding hydrogens is 272 g/mol. The van der Waals surface area contributed by atoms with Crippen molar-refractivity contribution in [2.24, 2.45) is 5.73 Å². The van der Waals surface area contributed by atoms with Gasteiger partial charge >= 0.3 is 0 Å². The molecule has 1 aromatic heterocycles. The van der Waals surface area contributed by atoms with Gasteiger partial charge in [0.15, 0.2) is 0 Å². The van der Waals surface area contributed by atoms with E-state index in [0.29, 0.717) is 25.6 Å². The first-order valence-corrected chi connectivity index (χ1v) is 6.90. The molecule has 0 aliphatic rings. The second kappa shape index (κ2) is 10.1. The molecule has 0 radical (unpaired) electrons. The van der Waals surface area contributed by atoms with Crippen LogP contribution in [-0.2, 0) is 14.3 Å². The van der Waals surface area contributed by atoms with Crippen LogP contribution in [0.5, 0.6) is 0 Å². The SMILES string of the molecule is COCCN(CCOC)c1ccc(NC(=O)CCN)nc1. The normalized spacial score (nSPS) is 10.4. The highest BCUT2D eigenvalue weighted by molar-refractivity contribution is 5.89. The molecule has 0 aromatic carbocycles. The summed E-state index contributed by atoms with van der Waals surface area (Å²) < 4.78 is 10.2. The second-order valence-corrected chi connectivity index (χ2v) is 4.46. The Hall–Kier alpha value is -1.70. The van der Waals surface area contributed by atoms with Gasteiger partial charge in [-0.3, -0.25) is 4.79 Å². The van der Waals surface area contributed by atoms with Gasteiger partial charge in [-0.15, -0.1) is 0 Å². The van der Waals surface area contributed by atoms with Crippen LogP contribution in [0.3, 0.4) is 0 Å². The monoisotopic (exact) mass is 296 g/mol. The van der Waals surface area contributed by atoms with Gasteiger partial charge in [0.1, 0.15) is 5.82 Å². The number of rotatable bonds is 10. The maximum absolute atomic E-state index is 11.4. The van der Waals surface area contributed by atoms with Crippen LogP contribution in [0.2, 0.25) is 0 Å². The zero-order valence-electron chi connectivity index (χ0n) is 12.7. The summed E-state index contributed by atoms with van der Waals surface area (Å²) in [7, 11) is 3.34. The van der Waals surface area contributed by atoms with Crippen molar-refractivity contribution in [3.8, 4) is 0 Å². The van der Waals surface area contributed by atoms with E-state index < -0.39 is 0 Å². The highest BCUT2D eigenvalue weighted by Crippen LogP contribution is 2.15. The van der Waals surface area contributed by atoms with Crippen LogP contribution in [0.4, 0.5) is 11.5 Å². The molecule has 0 aliphatic heterocycles. The Labute approximate surface area is 125 Å². The van der Waals surface area contributed by atoms with Crippen molar-refractivity contribution >= 4 is 17.4 Å². The minimum Gasteiger partial charge on any atom is -0.383 e. The molecule has 21 heavy (non-hydrogen) atoms. The lowest BCUT2D eigenvalue weighted by atomic mass is 10.3. The van der Waals surface area contributed by atoms with E-state index >= 15 is 0 Å². The standard InChI is InChI=1S/C14H24N4O3/c1-20-9-7-18(8-10-21-2)12-3-4-13(16-11-12)17-14(19)5-6-15/h3-4,11H,5-10,15H2,1-2H3,(H,16,17,19). The molecule has 1 amide bonds. The number of nitrogens with two attached hydrogens (primary N) is 1. The smallest absolute Gasteiger partial charge is 0.226 e. The van der Waals surface area contributed by atoms with Crippen molar-refractivity contribution in [2.75, 3.05) is 57.3 Å². The molecule has 1 heterocycles. The molecular formula is C14H24N4O3. The number of hydrogen-bond donors (Lipinski definition) is 2. The summed E-state index contributed by atoms with van der Waals surface area (Å²) in [6.45, 7) is 3.07. The number of pyridine rings is 1. The molecule has 7 heteroatoms. The van der Waals surface area contributed by atoms with Gasteiger partial charge in [0.05, 0.1) is 25.1 Å². The van der Waals surface area contributed by atoms with E-state index in [1.165, 1.54) is 0 Å². The van der Waals surface area contributed by atoms with E-state index in [1.54, 1.807) is 26.5 Å². The van der Waals surface area contributed by atoms with Crippen LogP contribution >= 0.6 is 0 Å². The number of hydrogen-bond acceptors (Lipinski definition) is 6. The van der Waals surface area contributed by atoms with Crippen molar-refractivity contribution in [3.05, 3.63) is 18.3 Å². The molecule has 0 saturated heterocycles. The molecule has 0 spiro atoms. The average Bonchev–Trinajstić information content (AvgIpc) is 2.49. The number of nitrogens with one attached hydrogen (secondary N) is 1. The molecule has 1 rings (SSSR count). The Morgan fingerprint density at radius 2 is 1.95 bits per heavy atom. The second-order valence-electron chi connectivity index (χ2n) is 4.46. The van der Waals surface area contributed by atoms with Crippen molar-refractivity contribution in [1.82, 2.24) is 4.98 Å².